The van der Waals surface area contributed by atoms with Crippen LogP contribution in [0.1, 0.15) is 0 Å². The fraction of sp³-hybridized carbons (Fsp3) is 0.350. The summed E-state index contributed by atoms with van der Waals surface area (Å²) >= 11 is 6.09. The number of nitrogens with one attached hydrogen (secondary N) is 1. The summed E-state index contributed by atoms with van der Waals surface area (Å²) in [5, 5.41) is 14.0. The second kappa shape index (κ2) is 11.2. The van der Waals surface area contributed by atoms with Gasteiger partial charge in [0.2, 0.25) is 0 Å². The van der Waals surface area contributed by atoms with Crippen LogP contribution in [-0.2, 0) is 0 Å². The summed E-state index contributed by atoms with van der Waals surface area (Å²) < 4.78 is 5.70. The van der Waals surface area contributed by atoms with Gasteiger partial charge in [-0.1, -0.05) is 35.9 Å². The number of hydrogen-bond acceptors (Lipinski definition) is 4. The van der Waals surface area contributed by atoms with Gasteiger partial charge in [-0.3, -0.25) is 4.99 Å². The number of phenols is 1. The van der Waals surface area contributed by atoms with Crippen molar-refractivity contribution >= 4 is 47.2 Å². The van der Waals surface area contributed by atoms with Crippen LogP contribution >= 0.6 is 35.6 Å². The first-order valence-electron chi connectivity index (χ1n) is 9.05. The number of guanidine groups is 1. The van der Waals surface area contributed by atoms with E-state index in [1.807, 2.05) is 42.5 Å². The topological polar surface area (TPSA) is 60.3 Å². The molecule has 1 saturated heterocycles. The predicted molar refractivity (Wildman–Crippen MR) is 126 cm³/mol. The summed E-state index contributed by atoms with van der Waals surface area (Å²) in [4.78, 5) is 8.78. The van der Waals surface area contributed by atoms with E-state index in [-0.39, 0.29) is 24.0 Å². The first kappa shape index (κ1) is 22.4. The van der Waals surface area contributed by atoms with Crippen molar-refractivity contribution in [2.45, 2.75) is 0 Å². The normalized spacial score (nSPS) is 14.4. The lowest BCUT2D eigenvalue weighted by atomic mass is 10.2. The van der Waals surface area contributed by atoms with Crippen LogP contribution in [0.2, 0.25) is 5.02 Å². The molecule has 1 aliphatic heterocycles. The maximum Gasteiger partial charge on any atom is 0.193 e. The molecule has 28 heavy (non-hydrogen) atoms. The highest BCUT2D eigenvalue weighted by atomic mass is 127. The molecule has 2 aromatic rings. The van der Waals surface area contributed by atoms with Crippen LogP contribution in [0.3, 0.4) is 0 Å². The number of aromatic hydroxyl groups is 1. The minimum absolute atomic E-state index is 0. The second-order valence-electron chi connectivity index (χ2n) is 6.22. The van der Waals surface area contributed by atoms with Gasteiger partial charge in [-0.2, -0.15) is 0 Å². The standard InChI is InChI=1S/C20H25ClN4O2.HI/c1-22-20(23-10-15-27-19-9-5-2-6-16(19)21)25-13-11-24(12-14-25)17-7-3-4-8-18(17)26;/h2-9,26H,10-15H2,1H3,(H,22,23);1H. The molecule has 0 amide bonds. The van der Waals surface area contributed by atoms with E-state index in [0.29, 0.717) is 29.7 Å². The van der Waals surface area contributed by atoms with Gasteiger partial charge in [0.1, 0.15) is 18.1 Å². The molecule has 1 heterocycles. The SMILES string of the molecule is CN=C(NCCOc1ccccc1Cl)N1CCN(c2ccccc2O)CC1.I. The molecule has 1 fully saturated rings. The number of para-hydroxylation sites is 3. The zero-order valence-corrected chi connectivity index (χ0v) is 18.9. The van der Waals surface area contributed by atoms with Gasteiger partial charge >= 0.3 is 0 Å². The smallest absolute Gasteiger partial charge is 0.193 e. The molecule has 0 aromatic heterocycles. The number of rotatable bonds is 5. The van der Waals surface area contributed by atoms with Gasteiger partial charge in [-0.15, -0.1) is 24.0 Å². The van der Waals surface area contributed by atoms with Crippen LogP contribution in [-0.4, -0.2) is 62.3 Å². The molecule has 1 aliphatic rings. The minimum Gasteiger partial charge on any atom is -0.506 e. The largest absolute Gasteiger partial charge is 0.506 e. The van der Waals surface area contributed by atoms with Crippen molar-refractivity contribution in [3.8, 4) is 11.5 Å². The van der Waals surface area contributed by atoms with Gasteiger partial charge in [-0.05, 0) is 24.3 Å². The zero-order chi connectivity index (χ0) is 19.1. The van der Waals surface area contributed by atoms with Crippen LogP contribution in [0.5, 0.6) is 11.5 Å². The highest BCUT2D eigenvalue weighted by molar-refractivity contribution is 14.0. The van der Waals surface area contributed by atoms with Crippen LogP contribution < -0.4 is 15.0 Å². The highest BCUT2D eigenvalue weighted by Crippen LogP contribution is 2.27. The van der Waals surface area contributed by atoms with Crippen LogP contribution in [0.15, 0.2) is 53.5 Å². The molecule has 0 unspecified atom stereocenters. The van der Waals surface area contributed by atoms with E-state index in [0.717, 1.165) is 37.8 Å². The van der Waals surface area contributed by atoms with Crippen LogP contribution in [0, 0.1) is 0 Å². The van der Waals surface area contributed by atoms with Crippen LogP contribution in [0.25, 0.3) is 0 Å². The molecule has 0 radical (unpaired) electrons. The maximum atomic E-state index is 10.0. The summed E-state index contributed by atoms with van der Waals surface area (Å²) in [5.74, 6) is 1.87. The number of nitrogens with zero attached hydrogens (tertiary/aromatic N) is 3. The summed E-state index contributed by atoms with van der Waals surface area (Å²) in [7, 11) is 1.78. The van der Waals surface area contributed by atoms with E-state index in [9.17, 15) is 5.11 Å². The minimum atomic E-state index is 0. The third kappa shape index (κ3) is 5.81. The number of ether oxygens (including phenoxy) is 1. The van der Waals surface area contributed by atoms with Gasteiger partial charge in [-0.25, -0.2) is 0 Å². The van der Waals surface area contributed by atoms with Gasteiger partial charge in [0, 0.05) is 33.2 Å². The van der Waals surface area contributed by atoms with Crippen molar-refractivity contribution in [1.82, 2.24) is 10.2 Å². The van der Waals surface area contributed by atoms with E-state index in [4.69, 9.17) is 16.3 Å². The molecule has 8 heteroatoms. The Labute approximate surface area is 188 Å². The molecule has 0 bridgehead atoms. The number of benzene rings is 2. The lowest BCUT2D eigenvalue weighted by Gasteiger charge is -2.37. The number of hydrogen-bond donors (Lipinski definition) is 2. The summed E-state index contributed by atoms with van der Waals surface area (Å²) in [6, 6.07) is 14.9. The Morgan fingerprint density at radius 2 is 1.79 bits per heavy atom. The molecule has 2 N–H and O–H groups in total. The molecule has 6 nitrogen and oxygen atoms in total. The zero-order valence-electron chi connectivity index (χ0n) is 15.8. The first-order chi connectivity index (χ1) is 13.2. The number of piperazine rings is 1. The lowest BCUT2D eigenvalue weighted by molar-refractivity contribution is 0.315. The van der Waals surface area contributed by atoms with E-state index in [1.54, 1.807) is 13.1 Å². The average molecular weight is 517 g/mol. The maximum absolute atomic E-state index is 10.0. The summed E-state index contributed by atoms with van der Waals surface area (Å²) in [6.07, 6.45) is 0. The van der Waals surface area contributed by atoms with E-state index in [1.165, 1.54) is 0 Å². The molecular weight excluding hydrogens is 491 g/mol. The predicted octanol–water partition coefficient (Wildman–Crippen LogP) is 3.44. The molecule has 2 aromatic carbocycles. The molecule has 0 aliphatic carbocycles. The molecule has 0 atom stereocenters. The quantitative estimate of drug-likeness (QED) is 0.276. The average Bonchev–Trinajstić information content (AvgIpc) is 2.70. The van der Waals surface area contributed by atoms with Crippen LogP contribution in [0.4, 0.5) is 5.69 Å². The van der Waals surface area contributed by atoms with Crippen molar-refractivity contribution < 1.29 is 9.84 Å². The highest BCUT2D eigenvalue weighted by Gasteiger charge is 2.21. The van der Waals surface area contributed by atoms with E-state index < -0.39 is 0 Å². The second-order valence-corrected chi connectivity index (χ2v) is 6.62. The number of phenolic OH excluding ortho intramolecular Hbond substituents is 1. The summed E-state index contributed by atoms with van der Waals surface area (Å²) in [5.41, 5.74) is 0.883. The Morgan fingerprint density at radius 1 is 1.11 bits per heavy atom. The van der Waals surface area contributed by atoms with E-state index >= 15 is 0 Å². The summed E-state index contributed by atoms with van der Waals surface area (Å²) in [6.45, 7) is 4.46. The van der Waals surface area contributed by atoms with Crippen molar-refractivity contribution in [3.05, 3.63) is 53.6 Å². The van der Waals surface area contributed by atoms with Gasteiger partial charge < -0.3 is 25.0 Å². The number of anilines is 1. The Hall–Kier alpha value is -1.87. The Balaban J connectivity index is 0.00000280. The molecule has 0 saturated carbocycles. The van der Waals surface area contributed by atoms with Gasteiger partial charge in [0.25, 0.3) is 0 Å². The lowest BCUT2D eigenvalue weighted by Crippen LogP contribution is -2.53. The molecule has 3 rings (SSSR count). The van der Waals surface area contributed by atoms with Gasteiger partial charge in [0.05, 0.1) is 17.3 Å². The Morgan fingerprint density at radius 3 is 2.46 bits per heavy atom. The van der Waals surface area contributed by atoms with Crippen molar-refractivity contribution in [3.63, 3.8) is 0 Å². The third-order valence-electron chi connectivity index (χ3n) is 4.49. The molecule has 0 spiro atoms. The van der Waals surface area contributed by atoms with E-state index in [2.05, 4.69) is 20.1 Å². The Kier molecular flexibility index (Phi) is 8.98. The third-order valence-corrected chi connectivity index (χ3v) is 4.81. The Bertz CT molecular complexity index is 782. The first-order valence-corrected chi connectivity index (χ1v) is 9.42. The van der Waals surface area contributed by atoms with Crippen molar-refractivity contribution in [1.29, 1.82) is 0 Å². The fourth-order valence-corrected chi connectivity index (χ4v) is 3.30. The van der Waals surface area contributed by atoms with Gasteiger partial charge in [0.15, 0.2) is 5.96 Å². The monoisotopic (exact) mass is 516 g/mol. The van der Waals surface area contributed by atoms with Crippen molar-refractivity contribution in [2.24, 2.45) is 4.99 Å². The molecular formula is C20H26ClIN4O2. The number of aliphatic imine (C=N–C) groups is 1. The van der Waals surface area contributed by atoms with Crippen molar-refractivity contribution in [2.75, 3.05) is 51.3 Å². The fourth-order valence-electron chi connectivity index (χ4n) is 3.11. The number of halogens is 2. The molecule has 152 valence electrons.